The summed E-state index contributed by atoms with van der Waals surface area (Å²) in [6.07, 6.45) is 2.98. The number of ketones is 1. The lowest BCUT2D eigenvalue weighted by Crippen LogP contribution is -2.13. The number of Topliss-reactive ketones (excluding diaryl/α,β-unsaturated/α-hetero) is 1. The molecule has 3 rings (SSSR count). The van der Waals surface area contributed by atoms with Crippen LogP contribution < -0.4 is 5.11 Å². The van der Waals surface area contributed by atoms with Crippen LogP contribution in [0.5, 0.6) is 5.75 Å². The number of benzene rings is 2. The summed E-state index contributed by atoms with van der Waals surface area (Å²) in [5.74, 6) is -0.692. The number of hydrogen-bond donors (Lipinski definition) is 0. The third kappa shape index (κ3) is 2.48. The maximum atomic E-state index is 12.4. The van der Waals surface area contributed by atoms with E-state index in [1.807, 2.05) is 18.2 Å². The smallest absolute Gasteiger partial charge is 0.262 e. The highest BCUT2D eigenvalue weighted by atomic mass is 16.6. The molecule has 0 bridgehead atoms. The van der Waals surface area contributed by atoms with Gasteiger partial charge < -0.3 is 5.11 Å². The van der Waals surface area contributed by atoms with E-state index in [0.717, 1.165) is 18.1 Å². The molecule has 0 amide bonds. The maximum absolute atomic E-state index is 12.4. The molecule has 0 radical (unpaired) electrons. The molecule has 5 nitrogen and oxygen atoms in total. The Morgan fingerprint density at radius 3 is 2.64 bits per heavy atom. The van der Waals surface area contributed by atoms with Gasteiger partial charge in [-0.1, -0.05) is 36.4 Å². The molecular formula is C17H12NO4-. The summed E-state index contributed by atoms with van der Waals surface area (Å²) in [5.41, 5.74) is 2.32. The molecule has 0 aliphatic heterocycles. The first-order valence-electron chi connectivity index (χ1n) is 6.85. The first-order valence-corrected chi connectivity index (χ1v) is 6.85. The van der Waals surface area contributed by atoms with Crippen molar-refractivity contribution in [3.05, 3.63) is 74.8 Å². The number of allylic oxidation sites excluding steroid dienone is 1. The van der Waals surface area contributed by atoms with Crippen molar-refractivity contribution in [1.29, 1.82) is 0 Å². The lowest BCUT2D eigenvalue weighted by molar-refractivity contribution is -0.398. The minimum atomic E-state index is -0.706. The van der Waals surface area contributed by atoms with Gasteiger partial charge in [0.1, 0.15) is 0 Å². The highest BCUT2D eigenvalue weighted by molar-refractivity contribution is 6.13. The van der Waals surface area contributed by atoms with Gasteiger partial charge in [-0.25, -0.2) is 0 Å². The molecule has 22 heavy (non-hydrogen) atoms. The predicted molar refractivity (Wildman–Crippen MR) is 79.6 cm³/mol. The summed E-state index contributed by atoms with van der Waals surface area (Å²) in [7, 11) is 0. The summed E-state index contributed by atoms with van der Waals surface area (Å²) in [4.78, 5) is 22.5. The van der Waals surface area contributed by atoms with Gasteiger partial charge in [-0.15, -0.1) is 0 Å². The molecule has 2 aromatic rings. The molecule has 2 aromatic carbocycles. The van der Waals surface area contributed by atoms with E-state index in [1.54, 1.807) is 12.1 Å². The van der Waals surface area contributed by atoms with Gasteiger partial charge in [-0.05, 0) is 35.8 Å². The topological polar surface area (TPSA) is 83.3 Å². The van der Waals surface area contributed by atoms with Crippen molar-refractivity contribution in [1.82, 2.24) is 0 Å². The van der Waals surface area contributed by atoms with Crippen LogP contribution in [0.2, 0.25) is 0 Å². The van der Waals surface area contributed by atoms with Crippen LogP contribution in [0.1, 0.15) is 27.9 Å². The van der Waals surface area contributed by atoms with E-state index >= 15 is 0 Å². The van der Waals surface area contributed by atoms with Crippen molar-refractivity contribution in [2.75, 3.05) is 0 Å². The van der Waals surface area contributed by atoms with Crippen LogP contribution in [0.4, 0.5) is 5.69 Å². The number of fused-ring (bicyclic) bond motifs is 1. The Hall–Kier alpha value is -2.95. The molecule has 110 valence electrons. The summed E-state index contributed by atoms with van der Waals surface area (Å²) in [6.45, 7) is 0. The summed E-state index contributed by atoms with van der Waals surface area (Å²) >= 11 is 0. The molecule has 0 saturated carbocycles. The Balaban J connectivity index is 1.99. The van der Waals surface area contributed by atoms with Crippen molar-refractivity contribution >= 4 is 17.5 Å². The van der Waals surface area contributed by atoms with Gasteiger partial charge in [0.05, 0.1) is 4.92 Å². The zero-order valence-electron chi connectivity index (χ0n) is 11.6. The normalized spacial score (nSPS) is 15.6. The lowest BCUT2D eigenvalue weighted by atomic mass is 9.86. The fourth-order valence-electron chi connectivity index (χ4n) is 2.62. The predicted octanol–water partition coefficient (Wildman–Crippen LogP) is 2.88. The van der Waals surface area contributed by atoms with Gasteiger partial charge in [-0.3, -0.25) is 14.9 Å². The Bertz CT molecular complexity index is 808. The molecule has 0 aromatic heterocycles. The Labute approximate surface area is 126 Å². The molecule has 5 heteroatoms. The van der Waals surface area contributed by atoms with Gasteiger partial charge in [0.25, 0.3) is 5.69 Å². The van der Waals surface area contributed by atoms with Crippen molar-refractivity contribution < 1.29 is 14.8 Å². The van der Waals surface area contributed by atoms with Gasteiger partial charge >= 0.3 is 0 Å². The average Bonchev–Trinajstić information content (AvgIpc) is 2.52. The van der Waals surface area contributed by atoms with Crippen LogP contribution in [-0.2, 0) is 6.42 Å². The average molecular weight is 294 g/mol. The van der Waals surface area contributed by atoms with E-state index in [9.17, 15) is 20.0 Å². The first-order chi connectivity index (χ1) is 10.6. The zero-order chi connectivity index (χ0) is 15.7. The minimum Gasteiger partial charge on any atom is -0.868 e. The second-order valence-corrected chi connectivity index (χ2v) is 5.14. The van der Waals surface area contributed by atoms with E-state index in [0.29, 0.717) is 23.1 Å². The van der Waals surface area contributed by atoms with E-state index < -0.39 is 16.4 Å². The van der Waals surface area contributed by atoms with Crippen molar-refractivity contribution in [3.63, 3.8) is 0 Å². The molecule has 0 unspecified atom stereocenters. The number of aryl methyl sites for hydroxylation is 1. The van der Waals surface area contributed by atoms with E-state index in [-0.39, 0.29) is 5.78 Å². The summed E-state index contributed by atoms with van der Waals surface area (Å²) in [6, 6.07) is 11.3. The first kappa shape index (κ1) is 14.0. The fourth-order valence-corrected chi connectivity index (χ4v) is 2.62. The highest BCUT2D eigenvalue weighted by Gasteiger charge is 2.21. The number of nitro benzene ring substituents is 1. The monoisotopic (exact) mass is 294 g/mol. The number of carbonyl (C=O) groups excluding carboxylic acids is 1. The molecule has 1 aliphatic carbocycles. The summed E-state index contributed by atoms with van der Waals surface area (Å²) in [5, 5.41) is 22.2. The Morgan fingerprint density at radius 1 is 1.09 bits per heavy atom. The standard InChI is InChI=1S/C17H13NO4/c19-16-8-5-11(10-15(16)18(21)22)9-13-7-6-12-3-1-2-4-14(12)17(13)20/h1-5,8-10,19H,6-7H2/p-1/b13-9+. The molecule has 0 heterocycles. The zero-order valence-corrected chi connectivity index (χ0v) is 11.6. The van der Waals surface area contributed by atoms with Crippen LogP contribution in [0.25, 0.3) is 6.08 Å². The van der Waals surface area contributed by atoms with Crippen molar-refractivity contribution in [2.24, 2.45) is 0 Å². The molecule has 1 aliphatic rings. The number of rotatable bonds is 2. The minimum absolute atomic E-state index is 0.0595. The fraction of sp³-hybridized carbons (Fsp3) is 0.118. The van der Waals surface area contributed by atoms with E-state index in [4.69, 9.17) is 0 Å². The van der Waals surface area contributed by atoms with Crippen LogP contribution >= 0.6 is 0 Å². The number of hydrogen-bond acceptors (Lipinski definition) is 4. The SMILES string of the molecule is O=C1/C(=C/c2ccc([O-])c([N+](=O)[O-])c2)CCc2ccccc21. The number of carbonyl (C=O) groups is 1. The largest absolute Gasteiger partial charge is 0.868 e. The van der Waals surface area contributed by atoms with E-state index in [2.05, 4.69) is 0 Å². The van der Waals surface area contributed by atoms with Gasteiger partial charge in [0.2, 0.25) is 0 Å². The Kier molecular flexibility index (Phi) is 3.47. The second kappa shape index (κ2) is 5.44. The molecular weight excluding hydrogens is 282 g/mol. The third-order valence-corrected chi connectivity index (χ3v) is 3.74. The lowest BCUT2D eigenvalue weighted by Gasteiger charge is -2.17. The molecule has 0 atom stereocenters. The molecule has 0 saturated heterocycles. The van der Waals surface area contributed by atoms with Gasteiger partial charge in [0.15, 0.2) is 5.78 Å². The summed E-state index contributed by atoms with van der Waals surface area (Å²) < 4.78 is 0. The van der Waals surface area contributed by atoms with Crippen LogP contribution in [0, 0.1) is 10.1 Å². The maximum Gasteiger partial charge on any atom is 0.262 e. The molecule has 0 fully saturated rings. The van der Waals surface area contributed by atoms with E-state index in [1.165, 1.54) is 12.1 Å². The Morgan fingerprint density at radius 2 is 1.86 bits per heavy atom. The van der Waals surface area contributed by atoms with Crippen LogP contribution in [0.15, 0.2) is 48.0 Å². The number of nitrogens with zero attached hydrogens (tertiary/aromatic N) is 1. The quantitative estimate of drug-likeness (QED) is 0.484. The third-order valence-electron chi connectivity index (χ3n) is 3.74. The highest BCUT2D eigenvalue weighted by Crippen LogP contribution is 2.29. The van der Waals surface area contributed by atoms with Gasteiger partial charge in [-0.2, -0.15) is 0 Å². The van der Waals surface area contributed by atoms with Crippen molar-refractivity contribution in [2.45, 2.75) is 12.8 Å². The van der Waals surface area contributed by atoms with Crippen LogP contribution in [0.3, 0.4) is 0 Å². The van der Waals surface area contributed by atoms with Crippen LogP contribution in [-0.4, -0.2) is 10.7 Å². The number of nitro groups is 1. The molecule has 0 N–H and O–H groups in total. The molecule has 0 spiro atoms. The van der Waals surface area contributed by atoms with Crippen molar-refractivity contribution in [3.8, 4) is 5.75 Å². The second-order valence-electron chi connectivity index (χ2n) is 5.14. The van der Waals surface area contributed by atoms with Gasteiger partial charge in [0, 0.05) is 17.2 Å².